The van der Waals surface area contributed by atoms with Crippen molar-refractivity contribution in [2.75, 3.05) is 7.11 Å². The minimum absolute atomic E-state index is 0.310. The lowest BCUT2D eigenvalue weighted by atomic mass is 10.3. The predicted molar refractivity (Wildman–Crippen MR) is 54.5 cm³/mol. The molecule has 8 heteroatoms. The number of hydrogen-bond acceptors (Lipinski definition) is 6. The van der Waals surface area contributed by atoms with Crippen molar-refractivity contribution in [2.24, 2.45) is 0 Å². The highest BCUT2D eigenvalue weighted by molar-refractivity contribution is 7.49. The van der Waals surface area contributed by atoms with Gasteiger partial charge < -0.3 is 18.4 Å². The molecular formula is C9H10N3O4P. The highest BCUT2D eigenvalue weighted by Crippen LogP contribution is 2.34. The van der Waals surface area contributed by atoms with Crippen LogP contribution >= 0.6 is 7.60 Å². The number of aromatic nitrogens is 3. The molecule has 0 saturated heterocycles. The Labute approximate surface area is 97.2 Å². The molecule has 2 aromatic rings. The summed E-state index contributed by atoms with van der Waals surface area (Å²) < 4.78 is 21.9. The zero-order valence-corrected chi connectivity index (χ0v) is 9.91. The topological polar surface area (TPSA) is 92.2 Å². The Morgan fingerprint density at radius 2 is 2.47 bits per heavy atom. The molecule has 0 aliphatic heterocycles. The molecule has 0 amide bonds. The van der Waals surface area contributed by atoms with Crippen molar-refractivity contribution in [1.82, 2.24) is 10.1 Å². The molecule has 0 aromatic carbocycles. The normalized spacial score (nSPS) is 14.5. The lowest BCUT2D eigenvalue weighted by Gasteiger charge is -2.15. The van der Waals surface area contributed by atoms with Crippen molar-refractivity contribution in [3.63, 3.8) is 0 Å². The van der Waals surface area contributed by atoms with Crippen LogP contribution < -0.4 is 9.58 Å². The van der Waals surface area contributed by atoms with Crippen LogP contribution in [0.1, 0.15) is 0 Å². The van der Waals surface area contributed by atoms with Crippen molar-refractivity contribution >= 4 is 7.60 Å². The van der Waals surface area contributed by atoms with Gasteiger partial charge in [0.1, 0.15) is 12.5 Å². The van der Waals surface area contributed by atoms with Crippen LogP contribution in [0.25, 0.3) is 11.5 Å². The van der Waals surface area contributed by atoms with Crippen molar-refractivity contribution in [3.8, 4) is 11.5 Å². The van der Waals surface area contributed by atoms with Gasteiger partial charge in [0, 0.05) is 13.2 Å². The van der Waals surface area contributed by atoms with Crippen molar-refractivity contribution < 1.29 is 23.1 Å². The molecule has 0 aliphatic rings. The molecule has 0 fully saturated rings. The van der Waals surface area contributed by atoms with Crippen molar-refractivity contribution in [3.05, 3.63) is 30.9 Å². The van der Waals surface area contributed by atoms with Crippen LogP contribution in [0.15, 0.2) is 35.3 Å². The van der Waals surface area contributed by atoms with Crippen LogP contribution in [0, 0.1) is 0 Å². The van der Waals surface area contributed by atoms with Gasteiger partial charge in [-0.1, -0.05) is 4.68 Å². The first-order chi connectivity index (χ1) is 8.11. The summed E-state index contributed by atoms with van der Waals surface area (Å²) in [4.78, 5) is 15.1. The molecule has 0 N–H and O–H groups in total. The van der Waals surface area contributed by atoms with Gasteiger partial charge in [0.05, 0.1) is 11.8 Å². The molecule has 2 aromatic heterocycles. The fourth-order valence-electron chi connectivity index (χ4n) is 1.20. The molecule has 0 radical (unpaired) electrons. The molecule has 7 nitrogen and oxygen atoms in total. The molecule has 17 heavy (non-hydrogen) atoms. The van der Waals surface area contributed by atoms with Gasteiger partial charge in [-0.15, -0.1) is 0 Å². The molecule has 90 valence electrons. The minimum atomic E-state index is -3.86. The lowest BCUT2D eigenvalue weighted by Crippen LogP contribution is -2.39. The van der Waals surface area contributed by atoms with E-state index in [0.29, 0.717) is 11.5 Å². The van der Waals surface area contributed by atoms with Crippen LogP contribution in [-0.4, -0.2) is 17.2 Å². The third-order valence-electron chi connectivity index (χ3n) is 2.05. The number of nitrogens with zero attached hydrogens (tertiary/aromatic N) is 3. The third-order valence-corrected chi connectivity index (χ3v) is 3.24. The largest absolute Gasteiger partial charge is 0.774 e. The van der Waals surface area contributed by atoms with E-state index in [1.54, 1.807) is 6.07 Å². The Balaban J connectivity index is 2.17. The summed E-state index contributed by atoms with van der Waals surface area (Å²) in [5, 5.41) is 3.93. The first-order valence-electron chi connectivity index (χ1n) is 4.72. The van der Waals surface area contributed by atoms with Gasteiger partial charge in [-0.05, 0) is 5.10 Å². The lowest BCUT2D eigenvalue weighted by molar-refractivity contribution is -0.740. The fraction of sp³-hybridized carbons (Fsp3) is 0.222. The maximum atomic E-state index is 11.2. The zero-order chi connectivity index (χ0) is 12.3. The molecule has 0 spiro atoms. The third kappa shape index (κ3) is 2.97. The van der Waals surface area contributed by atoms with Gasteiger partial charge >= 0.3 is 0 Å². The van der Waals surface area contributed by atoms with Gasteiger partial charge in [-0.2, -0.15) is 0 Å². The highest BCUT2D eigenvalue weighted by Gasteiger charge is 2.15. The maximum Gasteiger partial charge on any atom is 0.236 e. The second-order valence-corrected chi connectivity index (χ2v) is 5.10. The number of rotatable bonds is 4. The van der Waals surface area contributed by atoms with Crippen LogP contribution in [-0.2, 0) is 15.4 Å². The molecule has 1 unspecified atom stereocenters. The Morgan fingerprint density at radius 3 is 3.00 bits per heavy atom. The second-order valence-electron chi connectivity index (χ2n) is 3.23. The van der Waals surface area contributed by atoms with E-state index in [1.165, 1.54) is 29.5 Å². The van der Waals surface area contributed by atoms with E-state index in [4.69, 9.17) is 4.42 Å². The van der Waals surface area contributed by atoms with E-state index in [1.807, 2.05) is 0 Å². The van der Waals surface area contributed by atoms with E-state index in [9.17, 15) is 9.46 Å². The Kier molecular flexibility index (Phi) is 3.33. The fourth-order valence-corrected chi connectivity index (χ4v) is 1.83. The molecule has 0 saturated carbocycles. The monoisotopic (exact) mass is 255 g/mol. The summed E-state index contributed by atoms with van der Waals surface area (Å²) in [5.74, 6) is 0.432. The van der Waals surface area contributed by atoms with E-state index in [-0.39, 0.29) is 6.29 Å². The summed E-state index contributed by atoms with van der Waals surface area (Å²) >= 11 is 0. The Morgan fingerprint density at radius 1 is 1.65 bits per heavy atom. The summed E-state index contributed by atoms with van der Waals surface area (Å²) in [6.45, 7) is 0. The smallest absolute Gasteiger partial charge is 0.236 e. The molecule has 2 heterocycles. The number of oxazole rings is 1. The first-order valence-corrected chi connectivity index (χ1v) is 6.45. The van der Waals surface area contributed by atoms with Crippen molar-refractivity contribution in [2.45, 2.75) is 6.29 Å². The Hall–Kier alpha value is -1.56. The molecule has 2 rings (SSSR count). The average molecular weight is 255 g/mol. The molecule has 1 atom stereocenters. The first kappa shape index (κ1) is 11.9. The maximum absolute atomic E-state index is 11.2. The van der Waals surface area contributed by atoms with Gasteiger partial charge in [0.2, 0.25) is 19.8 Å². The van der Waals surface area contributed by atoms with E-state index < -0.39 is 7.60 Å². The van der Waals surface area contributed by atoms with E-state index >= 15 is 0 Å². The summed E-state index contributed by atoms with van der Waals surface area (Å²) in [5.41, 5.74) is 0.671. The van der Waals surface area contributed by atoms with Crippen LogP contribution in [0.3, 0.4) is 0 Å². The Bertz CT molecular complexity index is 526. The predicted octanol–water partition coefficient (Wildman–Crippen LogP) is 0.181. The quantitative estimate of drug-likeness (QED) is 0.571. The van der Waals surface area contributed by atoms with E-state index in [0.717, 1.165) is 7.11 Å². The second kappa shape index (κ2) is 4.75. The summed E-state index contributed by atoms with van der Waals surface area (Å²) in [6.07, 6.45) is 5.65. The van der Waals surface area contributed by atoms with Gasteiger partial charge in [-0.25, -0.2) is 4.98 Å². The minimum Gasteiger partial charge on any atom is -0.774 e. The van der Waals surface area contributed by atoms with Crippen molar-refractivity contribution in [1.29, 1.82) is 0 Å². The standard InChI is InChI=1S/C9H10N3O4P/c1-15-17(13,14)7-12-4-2-8(6-11-12)9-10-3-5-16-9/h2-6H,7H2,1H3. The average Bonchev–Trinajstić information content (AvgIpc) is 2.83. The van der Waals surface area contributed by atoms with Crippen LogP contribution in [0.4, 0.5) is 0 Å². The summed E-state index contributed by atoms with van der Waals surface area (Å²) in [6, 6.07) is 1.66. The SMILES string of the molecule is COP(=O)([O-])C[n+]1ccc(-c2ncco2)cn1. The van der Waals surface area contributed by atoms with Gasteiger partial charge in [0.15, 0.2) is 6.20 Å². The molecular weight excluding hydrogens is 245 g/mol. The van der Waals surface area contributed by atoms with Gasteiger partial charge in [-0.3, -0.25) is 0 Å². The number of hydrogen-bond donors (Lipinski definition) is 0. The van der Waals surface area contributed by atoms with Gasteiger partial charge in [0.25, 0.3) is 0 Å². The van der Waals surface area contributed by atoms with E-state index in [2.05, 4.69) is 14.6 Å². The van der Waals surface area contributed by atoms with Crippen LogP contribution in [0.2, 0.25) is 0 Å². The highest BCUT2D eigenvalue weighted by atomic mass is 31.2. The summed E-state index contributed by atoms with van der Waals surface area (Å²) in [7, 11) is -2.74. The zero-order valence-electron chi connectivity index (χ0n) is 9.02. The van der Waals surface area contributed by atoms with Crippen LogP contribution in [0.5, 0.6) is 0 Å². The molecule has 0 aliphatic carbocycles. The molecule has 0 bridgehead atoms.